The molecule has 185 valence electrons. The summed E-state index contributed by atoms with van der Waals surface area (Å²) in [6, 6.07) is -1.75. The zero-order chi connectivity index (χ0) is 26.0. The first kappa shape index (κ1) is 28.0. The van der Waals surface area contributed by atoms with Crippen LogP contribution in [0.4, 0.5) is 79.0 Å². The van der Waals surface area contributed by atoms with Crippen molar-refractivity contribution in [2.24, 2.45) is 0 Å². The van der Waals surface area contributed by atoms with Gasteiger partial charge in [0.1, 0.15) is 0 Å². The Labute approximate surface area is 163 Å². The summed E-state index contributed by atoms with van der Waals surface area (Å²) in [5.41, 5.74) is -6.05. The number of hydrogen-bond donors (Lipinski definition) is 0. The second kappa shape index (κ2) is 7.23. The van der Waals surface area contributed by atoms with Crippen molar-refractivity contribution in [3.8, 4) is 0 Å². The highest BCUT2D eigenvalue weighted by Gasteiger charge is 2.83. The standard InChI is InChI=1S/C14H3F18/c15-7(16,9(19,20)11(23,24)13(27,28)29)5-2-1-3-6(4-5)8(17,18)10(21,22)12(25,26)14(30,31)32/h1-2,4H. The molecule has 0 bridgehead atoms. The second-order valence-corrected chi connectivity index (χ2v) is 5.93. The van der Waals surface area contributed by atoms with Gasteiger partial charge in [-0.3, -0.25) is 0 Å². The Morgan fingerprint density at radius 3 is 1.16 bits per heavy atom. The van der Waals surface area contributed by atoms with Gasteiger partial charge in [0, 0.05) is 11.1 Å². The predicted octanol–water partition coefficient (Wildman–Crippen LogP) is 7.34. The highest BCUT2D eigenvalue weighted by atomic mass is 19.4. The van der Waals surface area contributed by atoms with Crippen LogP contribution in [-0.2, 0) is 11.8 Å². The zero-order valence-corrected chi connectivity index (χ0v) is 14.0. The lowest BCUT2D eigenvalue weighted by molar-refractivity contribution is -0.400. The minimum Gasteiger partial charge on any atom is -0.194 e. The molecule has 1 aromatic rings. The quantitative estimate of drug-likeness (QED) is 0.350. The third-order valence-corrected chi connectivity index (χ3v) is 3.79. The van der Waals surface area contributed by atoms with Gasteiger partial charge < -0.3 is 0 Å². The van der Waals surface area contributed by atoms with Crippen LogP contribution in [0, 0.1) is 6.07 Å². The van der Waals surface area contributed by atoms with Crippen LogP contribution < -0.4 is 0 Å². The van der Waals surface area contributed by atoms with E-state index in [0.717, 1.165) is 6.07 Å². The summed E-state index contributed by atoms with van der Waals surface area (Å²) < 4.78 is 232. The SMILES string of the molecule is FC(F)(F)C(F)(F)C(F)(F)C(F)(F)c1[c]ccc(C(F)(F)C(F)(F)C(F)(F)C(F)(F)F)c1. The number of hydrogen-bond acceptors (Lipinski definition) is 0. The van der Waals surface area contributed by atoms with E-state index in [1.165, 1.54) is 0 Å². The fraction of sp³-hybridized carbons (Fsp3) is 0.571. The van der Waals surface area contributed by atoms with Gasteiger partial charge in [-0.2, -0.15) is 79.0 Å². The fourth-order valence-corrected chi connectivity index (χ4v) is 1.94. The van der Waals surface area contributed by atoms with Crippen LogP contribution in [0.15, 0.2) is 18.2 Å². The largest absolute Gasteiger partial charge is 0.460 e. The van der Waals surface area contributed by atoms with Crippen molar-refractivity contribution in [2.45, 2.75) is 47.9 Å². The lowest BCUT2D eigenvalue weighted by atomic mass is 9.91. The van der Waals surface area contributed by atoms with E-state index in [1.807, 2.05) is 0 Å². The number of halogens is 18. The summed E-state index contributed by atoms with van der Waals surface area (Å²) in [5.74, 6) is -43.7. The molecule has 0 amide bonds. The van der Waals surface area contributed by atoms with Gasteiger partial charge in [0.15, 0.2) is 0 Å². The minimum atomic E-state index is -7.55. The van der Waals surface area contributed by atoms with Crippen molar-refractivity contribution in [1.82, 2.24) is 0 Å². The molecule has 0 N–H and O–H groups in total. The Balaban J connectivity index is 3.68. The number of benzene rings is 1. The summed E-state index contributed by atoms with van der Waals surface area (Å²) in [6.07, 6.45) is -14.7. The summed E-state index contributed by atoms with van der Waals surface area (Å²) in [7, 11) is 0. The van der Waals surface area contributed by atoms with E-state index < -0.39 is 77.2 Å². The topological polar surface area (TPSA) is 0 Å². The predicted molar refractivity (Wildman–Crippen MR) is 65.0 cm³/mol. The third-order valence-electron chi connectivity index (χ3n) is 3.79. The molecule has 0 heterocycles. The normalized spacial score (nSPS) is 15.8. The number of rotatable bonds is 6. The van der Waals surface area contributed by atoms with E-state index in [4.69, 9.17) is 0 Å². The summed E-state index contributed by atoms with van der Waals surface area (Å²) in [5, 5.41) is 0. The van der Waals surface area contributed by atoms with Crippen LogP contribution >= 0.6 is 0 Å². The Morgan fingerprint density at radius 2 is 0.812 bits per heavy atom. The molecule has 18 heteroatoms. The van der Waals surface area contributed by atoms with E-state index in [2.05, 4.69) is 0 Å². The van der Waals surface area contributed by atoms with E-state index in [-0.39, 0.29) is 0 Å². The van der Waals surface area contributed by atoms with Crippen LogP contribution in [0.25, 0.3) is 0 Å². The Kier molecular flexibility index (Phi) is 6.32. The maximum atomic E-state index is 13.7. The maximum Gasteiger partial charge on any atom is 0.460 e. The number of alkyl halides is 18. The molecule has 0 aromatic heterocycles. The maximum absolute atomic E-state index is 13.7. The summed E-state index contributed by atoms with van der Waals surface area (Å²) >= 11 is 0. The highest BCUT2D eigenvalue weighted by molar-refractivity contribution is 5.33. The van der Waals surface area contributed by atoms with Crippen molar-refractivity contribution in [2.75, 3.05) is 0 Å². The molecular weight excluding hydrogens is 510 g/mol. The van der Waals surface area contributed by atoms with E-state index >= 15 is 0 Å². The molecule has 0 aliphatic rings. The van der Waals surface area contributed by atoms with Crippen molar-refractivity contribution < 1.29 is 79.0 Å². The molecule has 0 fully saturated rings. The Morgan fingerprint density at radius 1 is 0.469 bits per heavy atom. The molecule has 0 saturated heterocycles. The lowest BCUT2D eigenvalue weighted by Gasteiger charge is -2.35. The summed E-state index contributed by atoms with van der Waals surface area (Å²) in [6.45, 7) is 0. The first-order valence-electron chi connectivity index (χ1n) is 7.14. The highest BCUT2D eigenvalue weighted by Crippen LogP contribution is 2.59. The molecule has 0 unspecified atom stereocenters. The van der Waals surface area contributed by atoms with Crippen LogP contribution in [0.1, 0.15) is 11.1 Å². The van der Waals surface area contributed by atoms with E-state index in [0.29, 0.717) is 0 Å². The van der Waals surface area contributed by atoms with Gasteiger partial charge in [0.2, 0.25) is 0 Å². The molecule has 0 aliphatic heterocycles. The lowest BCUT2D eigenvalue weighted by Crippen LogP contribution is -2.60. The van der Waals surface area contributed by atoms with Crippen LogP contribution in [0.5, 0.6) is 0 Å². The molecule has 1 aromatic carbocycles. The van der Waals surface area contributed by atoms with Crippen LogP contribution in [0.2, 0.25) is 0 Å². The van der Waals surface area contributed by atoms with Gasteiger partial charge in [-0.1, -0.05) is 12.1 Å². The fourth-order valence-electron chi connectivity index (χ4n) is 1.94. The molecular formula is C14H3F18. The van der Waals surface area contributed by atoms with E-state index in [1.54, 1.807) is 0 Å². The smallest absolute Gasteiger partial charge is 0.194 e. The molecule has 0 atom stereocenters. The van der Waals surface area contributed by atoms with Gasteiger partial charge in [-0.15, -0.1) is 0 Å². The van der Waals surface area contributed by atoms with Crippen molar-refractivity contribution in [3.63, 3.8) is 0 Å². The van der Waals surface area contributed by atoms with Gasteiger partial charge in [0.05, 0.1) is 0 Å². The first-order chi connectivity index (χ1) is 13.7. The Hall–Kier alpha value is -2.04. The molecule has 0 aliphatic carbocycles. The van der Waals surface area contributed by atoms with Crippen molar-refractivity contribution in [1.29, 1.82) is 0 Å². The van der Waals surface area contributed by atoms with Crippen LogP contribution in [0.3, 0.4) is 0 Å². The van der Waals surface area contributed by atoms with Gasteiger partial charge in [-0.05, 0) is 12.1 Å². The zero-order valence-electron chi connectivity index (χ0n) is 14.0. The molecule has 0 saturated carbocycles. The summed E-state index contributed by atoms with van der Waals surface area (Å²) in [4.78, 5) is 0. The minimum absolute atomic E-state index is 0.504. The molecule has 1 rings (SSSR count). The van der Waals surface area contributed by atoms with E-state index in [9.17, 15) is 79.0 Å². The van der Waals surface area contributed by atoms with Gasteiger partial charge >= 0.3 is 47.9 Å². The average Bonchev–Trinajstić information content (AvgIpc) is 2.59. The van der Waals surface area contributed by atoms with Crippen molar-refractivity contribution in [3.05, 3.63) is 35.4 Å². The van der Waals surface area contributed by atoms with Gasteiger partial charge in [-0.25, -0.2) is 0 Å². The molecule has 32 heavy (non-hydrogen) atoms. The van der Waals surface area contributed by atoms with Crippen molar-refractivity contribution >= 4 is 0 Å². The molecule has 1 radical (unpaired) electrons. The first-order valence-corrected chi connectivity index (χ1v) is 7.14. The third kappa shape index (κ3) is 3.72. The molecule has 0 nitrogen and oxygen atoms in total. The molecule has 0 spiro atoms. The average molecular weight is 513 g/mol. The second-order valence-electron chi connectivity index (χ2n) is 5.93. The van der Waals surface area contributed by atoms with Crippen LogP contribution in [-0.4, -0.2) is 36.0 Å². The van der Waals surface area contributed by atoms with Gasteiger partial charge in [0.25, 0.3) is 0 Å². The Bertz CT molecular complexity index is 762. The monoisotopic (exact) mass is 513 g/mol.